The molecule has 0 amide bonds. The third-order valence-corrected chi connectivity index (χ3v) is 16.0. The molecule has 320 valence electrons. The molecule has 2 aromatic heterocycles. The van der Waals surface area contributed by atoms with Gasteiger partial charge in [-0.15, -0.1) is 22.7 Å². The number of methoxy groups -OCH3 is 2. The van der Waals surface area contributed by atoms with Crippen LogP contribution in [0.25, 0.3) is 21.5 Å². The third-order valence-electron chi connectivity index (χ3n) is 10.0. The molecule has 62 heavy (non-hydrogen) atoms. The highest BCUT2D eigenvalue weighted by Gasteiger charge is 2.30. The first-order valence-corrected chi connectivity index (χ1v) is 24.2. The van der Waals surface area contributed by atoms with Gasteiger partial charge in [0.15, 0.2) is 10.3 Å². The zero-order valence-corrected chi connectivity index (χ0v) is 38.6. The van der Waals surface area contributed by atoms with Crippen molar-refractivity contribution in [3.05, 3.63) is 165 Å². The summed E-state index contributed by atoms with van der Waals surface area (Å²) in [7, 11) is -4.61. The minimum Gasteiger partial charge on any atom is -0.497 e. The number of anilines is 2. The molecule has 8 rings (SSSR count). The van der Waals surface area contributed by atoms with Gasteiger partial charge >= 0.3 is 5.97 Å². The molecule has 0 atom stereocenters. The number of hydrogen-bond acceptors (Lipinski definition) is 11. The van der Waals surface area contributed by atoms with E-state index in [1.54, 1.807) is 67.7 Å². The summed E-state index contributed by atoms with van der Waals surface area (Å²) in [5.41, 5.74) is 3.67. The summed E-state index contributed by atoms with van der Waals surface area (Å²) in [5, 5.41) is 16.5. The molecule has 6 aromatic carbocycles. The van der Waals surface area contributed by atoms with Gasteiger partial charge in [0.05, 0.1) is 42.7 Å². The summed E-state index contributed by atoms with van der Waals surface area (Å²) in [6, 6.07) is 31.3. The van der Waals surface area contributed by atoms with Crippen molar-refractivity contribution in [1.82, 2.24) is 9.97 Å². The number of benzene rings is 6. The summed E-state index contributed by atoms with van der Waals surface area (Å²) < 4.78 is 68.8. The lowest BCUT2D eigenvalue weighted by molar-refractivity contribution is 0.0699. The zero-order valence-electron chi connectivity index (χ0n) is 33.7. The SMILES string of the molecule is COc1ccc(CN(c2nccs2)S(=O)(=O)c2ccc3c(Br)cccc3c2)c(C)c1.COc1ccc(CN(c2nccs2)S(=O)(=O)c2ccc3c(C(=O)O)cccc3c2)c(C)c1.[HH]. The van der Waals surface area contributed by atoms with Crippen LogP contribution in [0.15, 0.2) is 147 Å². The van der Waals surface area contributed by atoms with Crippen molar-refractivity contribution >= 4 is 96.4 Å². The van der Waals surface area contributed by atoms with Crippen LogP contribution in [0.4, 0.5) is 10.3 Å². The minimum absolute atomic E-state index is 0. The summed E-state index contributed by atoms with van der Waals surface area (Å²) in [5.74, 6) is 0.365. The number of carboxylic acids is 1. The second-order valence-electron chi connectivity index (χ2n) is 13.9. The lowest BCUT2D eigenvalue weighted by atomic mass is 10.1. The highest BCUT2D eigenvalue weighted by molar-refractivity contribution is 9.10. The Morgan fingerprint density at radius 2 is 1.13 bits per heavy atom. The average molecular weight is 974 g/mol. The van der Waals surface area contributed by atoms with Crippen LogP contribution in [0.1, 0.15) is 34.0 Å². The quantitative estimate of drug-likeness (QED) is 0.118. The molecule has 0 saturated heterocycles. The van der Waals surface area contributed by atoms with Gasteiger partial charge < -0.3 is 14.6 Å². The van der Waals surface area contributed by atoms with E-state index in [0.29, 0.717) is 26.8 Å². The van der Waals surface area contributed by atoms with Crippen LogP contribution in [0.5, 0.6) is 11.5 Å². The van der Waals surface area contributed by atoms with Crippen LogP contribution < -0.4 is 18.1 Å². The molecule has 0 fully saturated rings. The highest BCUT2D eigenvalue weighted by Crippen LogP contribution is 2.34. The number of aryl methyl sites for hydroxylation is 2. The van der Waals surface area contributed by atoms with Gasteiger partial charge in [-0.05, 0) is 118 Å². The topological polar surface area (TPSA) is 156 Å². The van der Waals surface area contributed by atoms with E-state index < -0.39 is 26.0 Å². The molecular formula is C45H41BrN4O8S4. The van der Waals surface area contributed by atoms with Crippen molar-refractivity contribution in [2.24, 2.45) is 0 Å². The Hall–Kier alpha value is -5.85. The molecule has 8 aromatic rings. The second kappa shape index (κ2) is 18.6. The number of aromatic nitrogens is 2. The maximum atomic E-state index is 13.7. The molecule has 0 saturated carbocycles. The van der Waals surface area contributed by atoms with Crippen molar-refractivity contribution < 1.29 is 37.6 Å². The van der Waals surface area contributed by atoms with Crippen LogP contribution in [0.3, 0.4) is 0 Å². The number of carboxylic acid groups (broad SMARTS) is 1. The summed E-state index contributed by atoms with van der Waals surface area (Å²) in [6.45, 7) is 4.12. The minimum atomic E-state index is -3.98. The van der Waals surface area contributed by atoms with Crippen LogP contribution >= 0.6 is 38.6 Å². The molecule has 0 unspecified atom stereocenters. The number of aromatic carboxylic acids is 1. The smallest absolute Gasteiger partial charge is 0.336 e. The van der Waals surface area contributed by atoms with Crippen molar-refractivity contribution in [3.63, 3.8) is 0 Å². The highest BCUT2D eigenvalue weighted by atomic mass is 79.9. The lowest BCUT2D eigenvalue weighted by Crippen LogP contribution is -2.30. The molecule has 12 nitrogen and oxygen atoms in total. The number of thiazole rings is 2. The Morgan fingerprint density at radius 1 is 0.661 bits per heavy atom. The first kappa shape index (κ1) is 44.2. The van der Waals surface area contributed by atoms with Gasteiger partial charge in [0, 0.05) is 29.1 Å². The average Bonchev–Trinajstić information content (AvgIpc) is 4.01. The predicted molar refractivity (Wildman–Crippen MR) is 251 cm³/mol. The van der Waals surface area contributed by atoms with E-state index >= 15 is 0 Å². The number of rotatable bonds is 13. The Bertz CT molecular complexity index is 3140. The van der Waals surface area contributed by atoms with E-state index in [4.69, 9.17) is 9.47 Å². The van der Waals surface area contributed by atoms with Gasteiger partial charge in [-0.25, -0.2) is 40.2 Å². The molecule has 0 spiro atoms. The van der Waals surface area contributed by atoms with Gasteiger partial charge in [0.1, 0.15) is 11.5 Å². The molecule has 0 radical (unpaired) electrons. The standard InChI is InChI=1S/C23H20N2O5S2.C22H19BrN2O3S2.H2/c1-15-12-18(30-2)7-6-17(15)14-25(23-24-10-11-31-23)32(28,29)19-8-9-20-16(13-19)4-3-5-21(20)22(26)27;1-15-12-18(28-2)7-6-17(15)14-25(22-24-10-11-29-22)30(26,27)19-8-9-20-16(13-19)4-3-5-21(20)23;/h3-13H,14H2,1-2H3,(H,26,27);3-13H,14H2,1-2H3;1H. The van der Waals surface area contributed by atoms with Gasteiger partial charge in [0.2, 0.25) is 0 Å². The maximum absolute atomic E-state index is 13.7. The Labute approximate surface area is 377 Å². The maximum Gasteiger partial charge on any atom is 0.336 e. The molecular weight excluding hydrogens is 933 g/mol. The first-order valence-electron chi connectivity index (χ1n) is 18.8. The fourth-order valence-corrected chi connectivity index (χ4v) is 11.8. The molecule has 1 N–H and O–H groups in total. The summed E-state index contributed by atoms with van der Waals surface area (Å²) >= 11 is 6.04. The third kappa shape index (κ3) is 9.31. The number of ether oxygens (including phenoxy) is 2. The van der Waals surface area contributed by atoms with E-state index in [9.17, 15) is 26.7 Å². The van der Waals surface area contributed by atoms with Gasteiger partial charge in [-0.1, -0.05) is 64.5 Å². The fraction of sp³-hybridized carbons (Fsp3) is 0.133. The Morgan fingerprint density at radius 3 is 1.56 bits per heavy atom. The molecule has 0 bridgehead atoms. The zero-order chi connectivity index (χ0) is 44.2. The predicted octanol–water partition coefficient (Wildman–Crippen LogP) is 10.7. The van der Waals surface area contributed by atoms with Crippen LogP contribution in [-0.2, 0) is 33.1 Å². The first-order chi connectivity index (χ1) is 29.7. The molecule has 0 aliphatic heterocycles. The van der Waals surface area contributed by atoms with Crippen molar-refractivity contribution in [2.45, 2.75) is 36.7 Å². The number of carbonyl (C=O) groups is 1. The van der Waals surface area contributed by atoms with E-state index in [1.807, 2.05) is 68.4 Å². The van der Waals surface area contributed by atoms with Crippen molar-refractivity contribution in [3.8, 4) is 11.5 Å². The van der Waals surface area contributed by atoms with Gasteiger partial charge in [-0.2, -0.15) is 0 Å². The van der Waals surface area contributed by atoms with E-state index in [0.717, 1.165) is 43.2 Å². The number of halogens is 1. The van der Waals surface area contributed by atoms with Crippen LogP contribution in [0.2, 0.25) is 0 Å². The number of sulfonamides is 2. The fourth-order valence-electron chi connectivity index (χ4n) is 6.69. The summed E-state index contributed by atoms with van der Waals surface area (Å²) in [6.07, 6.45) is 3.17. The number of nitrogens with zero attached hydrogens (tertiary/aromatic N) is 4. The van der Waals surface area contributed by atoms with Crippen LogP contribution in [-0.4, -0.2) is 52.1 Å². The monoisotopic (exact) mass is 972 g/mol. The largest absolute Gasteiger partial charge is 0.497 e. The molecule has 17 heteroatoms. The normalized spacial score (nSPS) is 11.5. The van der Waals surface area contributed by atoms with Gasteiger partial charge in [-0.3, -0.25) is 0 Å². The van der Waals surface area contributed by atoms with Crippen molar-refractivity contribution in [1.29, 1.82) is 0 Å². The molecule has 0 aliphatic carbocycles. The molecule has 2 heterocycles. The second-order valence-corrected chi connectivity index (χ2v) is 20.2. The molecule has 0 aliphatic rings. The number of hydrogen-bond donors (Lipinski definition) is 1. The lowest BCUT2D eigenvalue weighted by Gasteiger charge is -2.23. The summed E-state index contributed by atoms with van der Waals surface area (Å²) in [4.78, 5) is 20.3. The van der Waals surface area contributed by atoms with Crippen molar-refractivity contribution in [2.75, 3.05) is 22.8 Å². The Balaban J connectivity index is 0.000000207. The van der Waals surface area contributed by atoms with Crippen LogP contribution in [0, 0.1) is 13.8 Å². The van der Waals surface area contributed by atoms with E-state index in [1.165, 1.54) is 55.5 Å². The van der Waals surface area contributed by atoms with E-state index in [-0.39, 0.29) is 29.9 Å². The Kier molecular flexibility index (Phi) is 13.3. The van der Waals surface area contributed by atoms with Gasteiger partial charge in [0.25, 0.3) is 20.0 Å². The van der Waals surface area contributed by atoms with E-state index in [2.05, 4.69) is 25.9 Å². The number of fused-ring (bicyclic) bond motifs is 2.